The normalized spacial score (nSPS) is 21.0. The van der Waals surface area contributed by atoms with Gasteiger partial charge in [0.15, 0.2) is 6.61 Å². The molecule has 0 spiro atoms. The molecule has 0 aromatic carbocycles. The molecule has 1 fully saturated rings. The first kappa shape index (κ1) is 9.80. The summed E-state index contributed by atoms with van der Waals surface area (Å²) in [5, 5.41) is 0. The van der Waals surface area contributed by atoms with Crippen LogP contribution in [0.1, 0.15) is 19.8 Å². The lowest BCUT2D eigenvalue weighted by molar-refractivity contribution is -0.193. The molecule has 0 bridgehead atoms. The Bertz CT molecular complexity index is 144. The van der Waals surface area contributed by atoms with E-state index >= 15 is 0 Å². The topological polar surface area (TPSA) is 21.3 Å². The number of hydroxylamine groups is 1. The lowest BCUT2D eigenvalue weighted by atomic mass is 10.2. The van der Waals surface area contributed by atoms with Crippen molar-refractivity contribution in [2.75, 3.05) is 6.61 Å². The van der Waals surface area contributed by atoms with E-state index in [1.165, 1.54) is 0 Å². The van der Waals surface area contributed by atoms with E-state index in [9.17, 15) is 13.2 Å². The van der Waals surface area contributed by atoms with Crippen LogP contribution in [0.2, 0.25) is 0 Å². The summed E-state index contributed by atoms with van der Waals surface area (Å²) < 4.78 is 34.7. The zero-order chi connectivity index (χ0) is 9.19. The molecular weight excluding hydrogens is 171 g/mol. The van der Waals surface area contributed by atoms with E-state index in [0.717, 1.165) is 12.8 Å². The van der Waals surface area contributed by atoms with Crippen molar-refractivity contribution in [2.24, 2.45) is 5.92 Å². The predicted molar refractivity (Wildman–Crippen MR) is 37.3 cm³/mol. The molecule has 12 heavy (non-hydrogen) atoms. The van der Waals surface area contributed by atoms with Crippen LogP contribution in [0.5, 0.6) is 0 Å². The molecule has 0 saturated heterocycles. The maximum atomic E-state index is 11.6. The summed E-state index contributed by atoms with van der Waals surface area (Å²) in [6, 6.07) is 0.0346. The molecule has 72 valence electrons. The third-order valence-corrected chi connectivity index (χ3v) is 1.83. The second-order valence-electron chi connectivity index (χ2n) is 3.15. The van der Waals surface area contributed by atoms with Gasteiger partial charge in [-0.05, 0) is 25.7 Å². The Hall–Kier alpha value is -0.290. The molecule has 1 rings (SSSR count). The van der Waals surface area contributed by atoms with Gasteiger partial charge in [-0.2, -0.15) is 18.7 Å². The third kappa shape index (κ3) is 3.92. The third-order valence-electron chi connectivity index (χ3n) is 1.83. The fourth-order valence-electron chi connectivity index (χ4n) is 0.947. The molecule has 1 N–H and O–H groups in total. The number of halogens is 3. The van der Waals surface area contributed by atoms with Crippen molar-refractivity contribution in [1.82, 2.24) is 5.48 Å². The highest BCUT2D eigenvalue weighted by atomic mass is 19.4. The summed E-state index contributed by atoms with van der Waals surface area (Å²) in [5.74, 6) is 0.498. The second-order valence-corrected chi connectivity index (χ2v) is 3.15. The van der Waals surface area contributed by atoms with Gasteiger partial charge in [0, 0.05) is 6.04 Å². The van der Waals surface area contributed by atoms with E-state index in [1.807, 2.05) is 6.92 Å². The Balaban J connectivity index is 2.01. The standard InChI is InChI=1S/C7H12F3NO/c1-5(6-2-3-6)11-12-4-7(8,9)10/h5-6,11H,2-4H2,1H3. The molecule has 0 aromatic heterocycles. The minimum absolute atomic E-state index is 0.0346. The summed E-state index contributed by atoms with van der Waals surface area (Å²) in [7, 11) is 0. The molecule has 0 amide bonds. The predicted octanol–water partition coefficient (Wildman–Crippen LogP) is 1.87. The van der Waals surface area contributed by atoms with Crippen molar-refractivity contribution in [3.8, 4) is 0 Å². The van der Waals surface area contributed by atoms with E-state index in [2.05, 4.69) is 10.3 Å². The Kier molecular flexibility index (Phi) is 2.95. The number of alkyl halides is 3. The minimum Gasteiger partial charge on any atom is -0.292 e. The lowest BCUT2D eigenvalue weighted by Gasteiger charge is -2.13. The van der Waals surface area contributed by atoms with Gasteiger partial charge in [0.05, 0.1) is 0 Å². The molecule has 1 aliphatic carbocycles. The Morgan fingerprint density at radius 2 is 2.08 bits per heavy atom. The van der Waals surface area contributed by atoms with Crippen molar-refractivity contribution < 1.29 is 18.0 Å². The van der Waals surface area contributed by atoms with E-state index in [4.69, 9.17) is 0 Å². The quantitative estimate of drug-likeness (QED) is 0.672. The molecule has 1 saturated carbocycles. The van der Waals surface area contributed by atoms with Crippen LogP contribution >= 0.6 is 0 Å². The van der Waals surface area contributed by atoms with Gasteiger partial charge in [-0.3, -0.25) is 4.84 Å². The molecule has 0 radical (unpaired) electrons. The van der Waals surface area contributed by atoms with Crippen molar-refractivity contribution in [1.29, 1.82) is 0 Å². The van der Waals surface area contributed by atoms with Gasteiger partial charge in [0.2, 0.25) is 0 Å². The SMILES string of the molecule is CC(NOCC(F)(F)F)C1CC1. The highest BCUT2D eigenvalue weighted by Crippen LogP contribution is 2.32. The Morgan fingerprint density at radius 3 is 2.50 bits per heavy atom. The summed E-state index contributed by atoms with van der Waals surface area (Å²) in [5.41, 5.74) is 2.38. The molecule has 0 aromatic rings. The van der Waals surface area contributed by atoms with E-state index in [-0.39, 0.29) is 6.04 Å². The first-order valence-electron chi connectivity index (χ1n) is 3.93. The van der Waals surface area contributed by atoms with Gasteiger partial charge in [0.1, 0.15) is 0 Å². The van der Waals surface area contributed by atoms with Crippen LogP contribution in [0.15, 0.2) is 0 Å². The van der Waals surface area contributed by atoms with Crippen molar-refractivity contribution in [3.63, 3.8) is 0 Å². The average molecular weight is 183 g/mol. The smallest absolute Gasteiger partial charge is 0.292 e. The Labute approximate surface area is 69.0 Å². The van der Waals surface area contributed by atoms with Gasteiger partial charge in [0.25, 0.3) is 0 Å². The van der Waals surface area contributed by atoms with E-state index in [1.54, 1.807) is 0 Å². The van der Waals surface area contributed by atoms with Gasteiger partial charge in [-0.1, -0.05) is 0 Å². The number of rotatable bonds is 4. The van der Waals surface area contributed by atoms with Crippen LogP contribution in [-0.4, -0.2) is 18.8 Å². The van der Waals surface area contributed by atoms with Gasteiger partial charge in [-0.15, -0.1) is 0 Å². The molecule has 2 nitrogen and oxygen atoms in total. The van der Waals surface area contributed by atoms with Crippen LogP contribution in [0, 0.1) is 5.92 Å². The minimum atomic E-state index is -4.24. The van der Waals surface area contributed by atoms with Gasteiger partial charge >= 0.3 is 6.18 Å². The summed E-state index contributed by atoms with van der Waals surface area (Å²) in [6.07, 6.45) is -2.07. The summed E-state index contributed by atoms with van der Waals surface area (Å²) in [6.45, 7) is 0.609. The zero-order valence-corrected chi connectivity index (χ0v) is 6.82. The number of nitrogens with one attached hydrogen (secondary N) is 1. The van der Waals surface area contributed by atoms with Crippen molar-refractivity contribution in [2.45, 2.75) is 32.0 Å². The Morgan fingerprint density at radius 1 is 1.50 bits per heavy atom. The first-order valence-corrected chi connectivity index (χ1v) is 3.93. The largest absolute Gasteiger partial charge is 0.413 e. The average Bonchev–Trinajstić information content (AvgIpc) is 2.64. The van der Waals surface area contributed by atoms with Gasteiger partial charge < -0.3 is 0 Å². The summed E-state index contributed by atoms with van der Waals surface area (Å²) >= 11 is 0. The fourth-order valence-corrected chi connectivity index (χ4v) is 0.947. The highest BCUT2D eigenvalue weighted by Gasteiger charge is 2.31. The highest BCUT2D eigenvalue weighted by molar-refractivity contribution is 4.81. The van der Waals surface area contributed by atoms with Crippen molar-refractivity contribution in [3.05, 3.63) is 0 Å². The zero-order valence-electron chi connectivity index (χ0n) is 6.82. The fraction of sp³-hybridized carbons (Fsp3) is 1.00. The van der Waals surface area contributed by atoms with E-state index in [0.29, 0.717) is 5.92 Å². The van der Waals surface area contributed by atoms with Crippen LogP contribution in [0.3, 0.4) is 0 Å². The van der Waals surface area contributed by atoms with Crippen LogP contribution < -0.4 is 5.48 Å². The molecule has 5 heteroatoms. The maximum absolute atomic E-state index is 11.6. The molecule has 0 aliphatic heterocycles. The maximum Gasteiger partial charge on any atom is 0.413 e. The number of hydrogen-bond acceptors (Lipinski definition) is 2. The summed E-state index contributed by atoms with van der Waals surface area (Å²) in [4.78, 5) is 4.29. The van der Waals surface area contributed by atoms with Crippen LogP contribution in [0.4, 0.5) is 13.2 Å². The van der Waals surface area contributed by atoms with E-state index < -0.39 is 12.8 Å². The lowest BCUT2D eigenvalue weighted by Crippen LogP contribution is -2.32. The second kappa shape index (κ2) is 3.62. The van der Waals surface area contributed by atoms with Crippen LogP contribution in [0.25, 0.3) is 0 Å². The van der Waals surface area contributed by atoms with Gasteiger partial charge in [-0.25, -0.2) is 0 Å². The monoisotopic (exact) mass is 183 g/mol. The molecule has 1 aliphatic rings. The first-order chi connectivity index (χ1) is 5.49. The number of hydrogen-bond donors (Lipinski definition) is 1. The molecule has 1 unspecified atom stereocenters. The molecular formula is C7H12F3NO. The molecule has 1 atom stereocenters. The van der Waals surface area contributed by atoms with Crippen molar-refractivity contribution >= 4 is 0 Å². The molecule has 0 heterocycles. The van der Waals surface area contributed by atoms with Crippen LogP contribution in [-0.2, 0) is 4.84 Å².